The van der Waals surface area contributed by atoms with Gasteiger partial charge in [-0.2, -0.15) is 25.3 Å². The molecule has 37 heavy (non-hydrogen) atoms. The van der Waals surface area contributed by atoms with Gasteiger partial charge in [0.15, 0.2) is 0 Å². The number of hydrogen-bond donors (Lipinski definition) is 3. The van der Waals surface area contributed by atoms with Crippen molar-refractivity contribution in [2.45, 2.75) is 56.2 Å². The van der Waals surface area contributed by atoms with Crippen molar-refractivity contribution in [1.29, 1.82) is 0 Å². The van der Waals surface area contributed by atoms with Crippen LogP contribution in [0.3, 0.4) is 0 Å². The molecule has 3 N–H and O–H groups in total. The van der Waals surface area contributed by atoms with Crippen molar-refractivity contribution >= 4 is 54.2 Å². The van der Waals surface area contributed by atoms with E-state index < -0.39 is 38.3 Å². The van der Waals surface area contributed by atoms with Crippen molar-refractivity contribution in [3.63, 3.8) is 0 Å². The molecular weight excluding hydrogens is 559 g/mol. The van der Waals surface area contributed by atoms with E-state index >= 15 is 0 Å². The second-order valence-corrected chi connectivity index (χ2v) is 15.3. The molecule has 0 saturated carbocycles. The Balaban J connectivity index is 2.58. The summed E-state index contributed by atoms with van der Waals surface area (Å²) in [5, 5.41) is 1.24. The van der Waals surface area contributed by atoms with Gasteiger partial charge in [0.2, 0.25) is 0 Å². The van der Waals surface area contributed by atoms with Crippen LogP contribution >= 0.6 is 7.92 Å². The predicted octanol–water partition coefficient (Wildman–Crippen LogP) is 3.04. The summed E-state index contributed by atoms with van der Waals surface area (Å²) in [7, 11) is -15.7. The monoisotopic (exact) mass is 586 g/mol. The summed E-state index contributed by atoms with van der Waals surface area (Å²) in [5.74, 6) is 0. The molecule has 13 heteroatoms. The minimum absolute atomic E-state index is 0.289. The zero-order valence-electron chi connectivity index (χ0n) is 20.9. The molecule has 0 spiro atoms. The highest BCUT2D eigenvalue weighted by Gasteiger charge is 2.29. The molecule has 0 aliphatic heterocycles. The lowest BCUT2D eigenvalue weighted by molar-refractivity contribution is 0.480. The molecule has 0 atom stereocenters. The Kier molecular flexibility index (Phi) is 7.82. The normalized spacial score (nSPS) is 12.8. The average Bonchev–Trinajstić information content (AvgIpc) is 2.69. The third kappa shape index (κ3) is 5.96. The summed E-state index contributed by atoms with van der Waals surface area (Å²) in [4.78, 5) is -1.04. The molecule has 9 nitrogen and oxygen atoms in total. The van der Waals surface area contributed by atoms with Crippen LogP contribution in [0.5, 0.6) is 0 Å². The summed E-state index contributed by atoms with van der Waals surface area (Å²) in [6.07, 6.45) is 0. The van der Waals surface area contributed by atoms with Crippen LogP contribution in [0.2, 0.25) is 0 Å². The zero-order chi connectivity index (χ0) is 28.2. The molecule has 0 aliphatic carbocycles. The molecule has 200 valence electrons. The molecule has 0 bridgehead atoms. The first-order valence-electron chi connectivity index (χ1n) is 10.8. The summed E-state index contributed by atoms with van der Waals surface area (Å²) in [5.41, 5.74) is 2.69. The lowest BCUT2D eigenvalue weighted by Gasteiger charge is -2.27. The second kappa shape index (κ2) is 9.85. The van der Waals surface area contributed by atoms with Crippen LogP contribution in [0.15, 0.2) is 51.1 Å². The molecule has 3 aromatic carbocycles. The quantitative estimate of drug-likeness (QED) is 0.291. The summed E-state index contributed by atoms with van der Waals surface area (Å²) >= 11 is 0. The van der Waals surface area contributed by atoms with Crippen molar-refractivity contribution in [2.75, 3.05) is 0 Å². The fourth-order valence-electron chi connectivity index (χ4n) is 4.41. The van der Waals surface area contributed by atoms with Crippen LogP contribution in [0.25, 0.3) is 0 Å². The van der Waals surface area contributed by atoms with Gasteiger partial charge in [0.25, 0.3) is 30.4 Å². The maximum Gasteiger partial charge on any atom is 0.294 e. The summed E-state index contributed by atoms with van der Waals surface area (Å²) in [6, 6.07) is 8.58. The SMILES string of the molecule is Cc1cc(C)c(S(=O)(=O)O)cc1P(c1cc(S(=O)(=O)O)c(C)cc1C)c1cc(S(=O)(=O)O)c(C)cc1C. The van der Waals surface area contributed by atoms with Crippen molar-refractivity contribution in [1.82, 2.24) is 0 Å². The van der Waals surface area contributed by atoms with Gasteiger partial charge in [-0.15, -0.1) is 0 Å². The molecule has 0 fully saturated rings. The van der Waals surface area contributed by atoms with Gasteiger partial charge in [0, 0.05) is 0 Å². The lowest BCUT2D eigenvalue weighted by Crippen LogP contribution is -2.28. The lowest BCUT2D eigenvalue weighted by atomic mass is 10.1. The first kappa shape index (κ1) is 29.4. The van der Waals surface area contributed by atoms with Gasteiger partial charge >= 0.3 is 0 Å². The van der Waals surface area contributed by atoms with Gasteiger partial charge in [-0.05, 0) is 117 Å². The van der Waals surface area contributed by atoms with E-state index in [0.717, 1.165) is 0 Å². The van der Waals surface area contributed by atoms with Gasteiger partial charge in [0.05, 0.1) is 14.7 Å². The molecule has 0 unspecified atom stereocenters. The maximum atomic E-state index is 12.1. The van der Waals surface area contributed by atoms with Gasteiger partial charge < -0.3 is 0 Å². The van der Waals surface area contributed by atoms with Crippen LogP contribution in [0, 0.1) is 41.5 Å². The van der Waals surface area contributed by atoms with Crippen molar-refractivity contribution in [3.8, 4) is 0 Å². The average molecular weight is 587 g/mol. The Bertz CT molecular complexity index is 1550. The van der Waals surface area contributed by atoms with Crippen LogP contribution in [0.1, 0.15) is 33.4 Å². The van der Waals surface area contributed by atoms with Crippen LogP contribution in [-0.4, -0.2) is 38.9 Å². The van der Waals surface area contributed by atoms with Crippen molar-refractivity contribution in [3.05, 3.63) is 69.8 Å². The predicted molar refractivity (Wildman–Crippen MR) is 143 cm³/mol. The van der Waals surface area contributed by atoms with Gasteiger partial charge in [-0.1, -0.05) is 18.2 Å². The minimum Gasteiger partial charge on any atom is -0.282 e. The van der Waals surface area contributed by atoms with E-state index in [9.17, 15) is 38.9 Å². The van der Waals surface area contributed by atoms with Crippen LogP contribution < -0.4 is 15.9 Å². The molecule has 0 amide bonds. The smallest absolute Gasteiger partial charge is 0.282 e. The van der Waals surface area contributed by atoms with Crippen molar-refractivity contribution in [2.24, 2.45) is 0 Å². The highest BCUT2D eigenvalue weighted by atomic mass is 32.2. The van der Waals surface area contributed by atoms with Gasteiger partial charge in [0.1, 0.15) is 0 Å². The highest BCUT2D eigenvalue weighted by molar-refractivity contribution is 7.87. The van der Waals surface area contributed by atoms with E-state index in [1.165, 1.54) is 39.0 Å². The largest absolute Gasteiger partial charge is 0.294 e. The van der Waals surface area contributed by atoms with E-state index in [2.05, 4.69) is 0 Å². The number of hydrogen-bond acceptors (Lipinski definition) is 6. The molecule has 0 heterocycles. The first-order chi connectivity index (χ1) is 16.7. The Morgan fingerprint density at radius 1 is 0.432 bits per heavy atom. The van der Waals surface area contributed by atoms with E-state index in [4.69, 9.17) is 0 Å². The fraction of sp³-hybridized carbons (Fsp3) is 0.250. The summed E-state index contributed by atoms with van der Waals surface area (Å²) < 4.78 is 102. The zero-order valence-corrected chi connectivity index (χ0v) is 24.3. The molecule has 0 aromatic heterocycles. The minimum atomic E-state index is -4.63. The van der Waals surface area contributed by atoms with Crippen LogP contribution in [0.4, 0.5) is 0 Å². The molecule has 3 rings (SSSR count). The first-order valence-corrected chi connectivity index (χ1v) is 16.5. The van der Waals surface area contributed by atoms with Gasteiger partial charge in [-0.3, -0.25) is 13.7 Å². The van der Waals surface area contributed by atoms with E-state index in [1.807, 2.05) is 0 Å². The molecule has 3 aromatic rings. The third-order valence-electron chi connectivity index (χ3n) is 6.04. The number of aryl methyl sites for hydroxylation is 6. The number of rotatable bonds is 6. The molecule has 0 saturated heterocycles. The Morgan fingerprint density at radius 2 is 0.649 bits per heavy atom. The van der Waals surface area contributed by atoms with Crippen LogP contribution in [-0.2, 0) is 30.4 Å². The Labute approximate surface area is 218 Å². The fourth-order valence-corrected chi connectivity index (χ4v) is 9.68. The van der Waals surface area contributed by atoms with E-state index in [0.29, 0.717) is 32.6 Å². The molecule has 0 aliphatic rings. The molecular formula is C24H27O9PS3. The molecule has 0 radical (unpaired) electrons. The Morgan fingerprint density at radius 3 is 0.838 bits per heavy atom. The maximum absolute atomic E-state index is 12.1. The topological polar surface area (TPSA) is 163 Å². The number of benzene rings is 3. The Hall–Kier alpha value is -2.18. The van der Waals surface area contributed by atoms with E-state index in [-0.39, 0.29) is 31.4 Å². The third-order valence-corrected chi connectivity index (χ3v) is 11.9. The van der Waals surface area contributed by atoms with Gasteiger partial charge in [-0.25, -0.2) is 0 Å². The van der Waals surface area contributed by atoms with E-state index in [1.54, 1.807) is 39.0 Å². The highest BCUT2D eigenvalue weighted by Crippen LogP contribution is 2.40. The second-order valence-electron chi connectivity index (χ2n) is 8.97. The van der Waals surface area contributed by atoms with Crippen molar-refractivity contribution < 1.29 is 38.9 Å². The summed E-state index contributed by atoms with van der Waals surface area (Å²) in [6.45, 7) is 9.69. The standard InChI is InChI=1S/C24H27O9PS3/c1-13-7-16(4)22(35(25,26)27)10-19(13)34(20-11-23(36(28,29)30)17(5)8-14(20)2)21-12-24(37(31,32)33)18(6)9-15(21)3/h7-12H,1-6H3,(H,25,26,27)(H,28,29,30)(H,31,32,33).